The summed E-state index contributed by atoms with van der Waals surface area (Å²) in [5.74, 6) is 0. The smallest absolute Gasteiger partial charge is 0.332 e. The molecule has 0 fully saturated rings. The first kappa shape index (κ1) is 17.2. The van der Waals surface area contributed by atoms with Crippen LogP contribution in [0.1, 0.15) is 18.9 Å². The van der Waals surface area contributed by atoms with Crippen molar-refractivity contribution in [2.24, 2.45) is 7.05 Å². The molecule has 0 amide bonds. The van der Waals surface area contributed by atoms with Gasteiger partial charge < -0.3 is 4.98 Å². The molecule has 0 aliphatic carbocycles. The molecule has 0 saturated heterocycles. The van der Waals surface area contributed by atoms with Crippen LogP contribution in [0, 0.1) is 6.92 Å². The molecule has 0 atom stereocenters. The summed E-state index contributed by atoms with van der Waals surface area (Å²) in [6.45, 7) is 4.56. The minimum Gasteiger partial charge on any atom is -0.339 e. The van der Waals surface area contributed by atoms with Gasteiger partial charge in [0, 0.05) is 19.0 Å². The molecule has 1 N–H and O–H groups in total. The normalized spacial score (nSPS) is 11.3. The van der Waals surface area contributed by atoms with Gasteiger partial charge in [0.1, 0.15) is 16.6 Å². The zero-order chi connectivity index (χ0) is 17.0. The summed E-state index contributed by atoms with van der Waals surface area (Å²) in [5.41, 5.74) is 3.27. The van der Waals surface area contributed by atoms with Crippen LogP contribution in [0.2, 0.25) is 0 Å². The highest BCUT2D eigenvalue weighted by atomic mass is 35.5. The SMILES string of the molecule is CCCn1c(=O)n(C)c(=O)c2c3nc4ccccc4c(C)c3[nH]c21.Cl. The molecule has 3 aromatic heterocycles. The van der Waals surface area contributed by atoms with Crippen LogP contribution >= 0.6 is 12.4 Å². The van der Waals surface area contributed by atoms with E-state index in [2.05, 4.69) is 4.98 Å². The summed E-state index contributed by atoms with van der Waals surface area (Å²) in [6, 6.07) is 7.85. The van der Waals surface area contributed by atoms with Crippen LogP contribution in [0.15, 0.2) is 33.9 Å². The van der Waals surface area contributed by atoms with Gasteiger partial charge in [0.15, 0.2) is 0 Å². The van der Waals surface area contributed by atoms with Crippen molar-refractivity contribution in [3.63, 3.8) is 0 Å². The molecule has 3 heterocycles. The molecule has 4 rings (SSSR count). The van der Waals surface area contributed by atoms with Crippen molar-refractivity contribution in [2.45, 2.75) is 26.8 Å². The number of benzene rings is 1. The number of rotatable bonds is 2. The van der Waals surface area contributed by atoms with Gasteiger partial charge in [0.05, 0.1) is 11.0 Å². The summed E-state index contributed by atoms with van der Waals surface area (Å²) < 4.78 is 2.79. The van der Waals surface area contributed by atoms with Crippen LogP contribution in [0.25, 0.3) is 33.0 Å². The largest absolute Gasteiger partial charge is 0.339 e. The number of aryl methyl sites for hydroxylation is 2. The van der Waals surface area contributed by atoms with Crippen molar-refractivity contribution < 1.29 is 0 Å². The highest BCUT2D eigenvalue weighted by Gasteiger charge is 2.19. The molecule has 4 aromatic rings. The van der Waals surface area contributed by atoms with Crippen molar-refractivity contribution in [1.82, 2.24) is 19.1 Å². The average molecular weight is 359 g/mol. The Hall–Kier alpha value is -2.60. The van der Waals surface area contributed by atoms with E-state index in [1.54, 1.807) is 4.57 Å². The maximum absolute atomic E-state index is 12.7. The van der Waals surface area contributed by atoms with Crippen molar-refractivity contribution in [2.75, 3.05) is 0 Å². The number of hydrogen-bond donors (Lipinski definition) is 1. The topological polar surface area (TPSA) is 72.7 Å². The summed E-state index contributed by atoms with van der Waals surface area (Å²) in [4.78, 5) is 33.2. The molecule has 6 nitrogen and oxygen atoms in total. The predicted molar refractivity (Wildman–Crippen MR) is 103 cm³/mol. The number of halogens is 1. The van der Waals surface area contributed by atoms with Gasteiger partial charge in [-0.2, -0.15) is 0 Å². The Kier molecular flexibility index (Phi) is 4.16. The highest BCUT2D eigenvalue weighted by molar-refractivity contribution is 6.08. The van der Waals surface area contributed by atoms with Gasteiger partial charge in [-0.15, -0.1) is 12.4 Å². The molecular weight excluding hydrogens is 340 g/mol. The van der Waals surface area contributed by atoms with E-state index in [9.17, 15) is 9.59 Å². The monoisotopic (exact) mass is 358 g/mol. The van der Waals surface area contributed by atoms with Crippen molar-refractivity contribution in [3.05, 3.63) is 50.7 Å². The third-order valence-corrected chi connectivity index (χ3v) is 4.62. The summed E-state index contributed by atoms with van der Waals surface area (Å²) in [6.07, 6.45) is 0.803. The summed E-state index contributed by atoms with van der Waals surface area (Å²) in [5, 5.41) is 1.52. The van der Waals surface area contributed by atoms with Gasteiger partial charge in [-0.1, -0.05) is 25.1 Å². The third-order valence-electron chi connectivity index (χ3n) is 4.62. The molecule has 25 heavy (non-hydrogen) atoms. The fraction of sp³-hybridized carbons (Fsp3) is 0.278. The number of H-pyrrole nitrogens is 1. The zero-order valence-electron chi connectivity index (χ0n) is 14.3. The fourth-order valence-electron chi connectivity index (χ4n) is 3.37. The Morgan fingerprint density at radius 1 is 1.20 bits per heavy atom. The number of pyridine rings is 1. The number of fused-ring (bicyclic) bond motifs is 4. The van der Waals surface area contributed by atoms with E-state index in [1.165, 1.54) is 7.05 Å². The lowest BCUT2D eigenvalue weighted by Crippen LogP contribution is -2.38. The molecule has 0 radical (unpaired) electrons. The lowest BCUT2D eigenvalue weighted by atomic mass is 10.1. The van der Waals surface area contributed by atoms with Crippen molar-refractivity contribution >= 4 is 45.4 Å². The standard InChI is InChI=1S/C18H18N4O2.ClH/c1-4-9-22-16-13(17(23)21(3)18(22)24)15-14(20-16)10(2)11-7-5-6-8-12(11)19-15;/h5-8,20H,4,9H2,1-3H3;1H. The number of nitrogens with zero attached hydrogens (tertiary/aromatic N) is 3. The minimum atomic E-state index is -0.309. The number of aromatic amines is 1. The van der Waals surface area contributed by atoms with E-state index >= 15 is 0 Å². The lowest BCUT2D eigenvalue weighted by molar-refractivity contribution is 0.612. The molecule has 1 aromatic carbocycles. The second-order valence-electron chi connectivity index (χ2n) is 6.12. The van der Waals surface area contributed by atoms with E-state index in [-0.39, 0.29) is 23.7 Å². The first-order valence-corrected chi connectivity index (χ1v) is 8.05. The van der Waals surface area contributed by atoms with Gasteiger partial charge in [-0.05, 0) is 25.0 Å². The lowest BCUT2D eigenvalue weighted by Gasteiger charge is -2.07. The average Bonchev–Trinajstić information content (AvgIpc) is 2.96. The molecular formula is C18H19ClN4O2. The molecule has 0 aliphatic heterocycles. The quantitative estimate of drug-likeness (QED) is 0.598. The van der Waals surface area contributed by atoms with Crippen LogP contribution in [-0.4, -0.2) is 19.1 Å². The maximum Gasteiger partial charge on any atom is 0.332 e. The Labute approximate surface area is 149 Å². The maximum atomic E-state index is 12.7. The van der Waals surface area contributed by atoms with E-state index in [4.69, 9.17) is 4.98 Å². The number of hydrogen-bond acceptors (Lipinski definition) is 3. The van der Waals surface area contributed by atoms with Crippen LogP contribution in [0.3, 0.4) is 0 Å². The Balaban J connectivity index is 0.00000182. The van der Waals surface area contributed by atoms with Crippen LogP contribution in [0.5, 0.6) is 0 Å². The van der Waals surface area contributed by atoms with E-state index in [1.807, 2.05) is 38.1 Å². The second kappa shape index (κ2) is 6.04. The van der Waals surface area contributed by atoms with Gasteiger partial charge in [-0.3, -0.25) is 13.9 Å². The first-order valence-electron chi connectivity index (χ1n) is 8.05. The Morgan fingerprint density at radius 3 is 2.64 bits per heavy atom. The molecule has 0 bridgehead atoms. The minimum absolute atomic E-state index is 0. The number of nitrogens with one attached hydrogen (secondary N) is 1. The van der Waals surface area contributed by atoms with Crippen molar-refractivity contribution in [3.8, 4) is 0 Å². The Morgan fingerprint density at radius 2 is 1.92 bits per heavy atom. The number of para-hydroxylation sites is 1. The van der Waals surface area contributed by atoms with E-state index in [0.29, 0.717) is 23.1 Å². The molecule has 130 valence electrons. The van der Waals surface area contributed by atoms with Crippen LogP contribution < -0.4 is 11.2 Å². The van der Waals surface area contributed by atoms with Crippen molar-refractivity contribution in [1.29, 1.82) is 0 Å². The predicted octanol–water partition coefficient (Wildman–Crippen LogP) is 2.87. The zero-order valence-corrected chi connectivity index (χ0v) is 15.1. The second-order valence-corrected chi connectivity index (χ2v) is 6.12. The summed E-state index contributed by atoms with van der Waals surface area (Å²) in [7, 11) is 1.52. The molecule has 0 spiro atoms. The number of aromatic nitrogens is 4. The fourth-order valence-corrected chi connectivity index (χ4v) is 3.37. The highest BCUT2D eigenvalue weighted by Crippen LogP contribution is 2.28. The van der Waals surface area contributed by atoms with E-state index in [0.717, 1.165) is 33.0 Å². The molecule has 0 saturated carbocycles. The molecule has 0 aliphatic rings. The van der Waals surface area contributed by atoms with Gasteiger partial charge in [-0.25, -0.2) is 9.78 Å². The summed E-state index contributed by atoms with van der Waals surface area (Å²) >= 11 is 0. The van der Waals surface area contributed by atoms with Crippen LogP contribution in [-0.2, 0) is 13.6 Å². The van der Waals surface area contributed by atoms with E-state index < -0.39 is 0 Å². The first-order chi connectivity index (χ1) is 11.5. The van der Waals surface area contributed by atoms with Gasteiger partial charge in [0.25, 0.3) is 5.56 Å². The van der Waals surface area contributed by atoms with Gasteiger partial charge in [0.2, 0.25) is 0 Å². The molecule has 0 unspecified atom stereocenters. The van der Waals surface area contributed by atoms with Gasteiger partial charge >= 0.3 is 5.69 Å². The third kappa shape index (κ3) is 2.28. The Bertz CT molecular complexity index is 1230. The molecule has 7 heteroatoms. The van der Waals surface area contributed by atoms with Crippen LogP contribution in [0.4, 0.5) is 0 Å².